The molecule has 1 N–H and O–H groups in total. The summed E-state index contributed by atoms with van der Waals surface area (Å²) in [4.78, 5) is 31.2. The van der Waals surface area contributed by atoms with Crippen molar-refractivity contribution in [2.24, 2.45) is 11.8 Å². The first-order chi connectivity index (χ1) is 10.9. The van der Waals surface area contributed by atoms with E-state index in [1.165, 1.54) is 0 Å². The molecule has 1 aliphatic heterocycles. The molecule has 0 spiro atoms. The molecule has 2 amide bonds. The monoisotopic (exact) mass is 317 g/mol. The Labute approximate surface area is 138 Å². The Morgan fingerprint density at radius 3 is 2.57 bits per heavy atom. The number of pyridine rings is 1. The zero-order valence-corrected chi connectivity index (χ0v) is 14.5. The molecule has 0 aromatic carbocycles. The van der Waals surface area contributed by atoms with E-state index in [9.17, 15) is 9.59 Å². The lowest BCUT2D eigenvalue weighted by molar-refractivity contribution is -0.130. The third-order valence-electron chi connectivity index (χ3n) is 4.06. The molecule has 5 heteroatoms. The maximum atomic E-state index is 12.9. The minimum absolute atomic E-state index is 0.0199. The Kier molecular flexibility index (Phi) is 5.74. The first-order valence-electron chi connectivity index (χ1n) is 8.39. The number of nitrogens with zero attached hydrogens (tertiary/aromatic N) is 2. The second-order valence-corrected chi connectivity index (χ2v) is 7.18. The van der Waals surface area contributed by atoms with Crippen LogP contribution in [0.2, 0.25) is 0 Å². The van der Waals surface area contributed by atoms with Crippen molar-refractivity contribution >= 4 is 11.8 Å². The van der Waals surface area contributed by atoms with Crippen LogP contribution in [0.5, 0.6) is 0 Å². The largest absolute Gasteiger partial charge is 0.350 e. The maximum absolute atomic E-state index is 12.9. The molecule has 2 rings (SSSR count). The lowest BCUT2D eigenvalue weighted by atomic mass is 9.94. The number of carbonyl (C=O) groups is 2. The van der Waals surface area contributed by atoms with Crippen molar-refractivity contribution in [1.29, 1.82) is 0 Å². The zero-order valence-electron chi connectivity index (χ0n) is 14.5. The molecule has 2 atom stereocenters. The van der Waals surface area contributed by atoms with Gasteiger partial charge in [0, 0.05) is 25.0 Å². The van der Waals surface area contributed by atoms with Crippen LogP contribution in [0.3, 0.4) is 0 Å². The molecule has 126 valence electrons. The molecule has 5 nitrogen and oxygen atoms in total. The topological polar surface area (TPSA) is 62.3 Å². The van der Waals surface area contributed by atoms with Crippen molar-refractivity contribution in [3.63, 3.8) is 0 Å². The van der Waals surface area contributed by atoms with Gasteiger partial charge in [-0.3, -0.25) is 14.6 Å². The van der Waals surface area contributed by atoms with Crippen molar-refractivity contribution < 1.29 is 9.59 Å². The molecule has 1 saturated heterocycles. The Morgan fingerprint density at radius 1 is 1.30 bits per heavy atom. The summed E-state index contributed by atoms with van der Waals surface area (Å²) < 4.78 is 0. The fraction of sp³-hybridized carbons (Fsp3) is 0.611. The van der Waals surface area contributed by atoms with Gasteiger partial charge in [-0.25, -0.2) is 0 Å². The van der Waals surface area contributed by atoms with Crippen LogP contribution in [0.1, 0.15) is 50.9 Å². The SMILES string of the molecule is CC(C)C[C@H]1CN(C(=O)c2cccnc2)[C@@H](CC(C)C)C(=O)N1. The Balaban J connectivity index is 2.24. The normalized spacial score (nSPS) is 21.7. The van der Waals surface area contributed by atoms with Crippen LogP contribution in [0, 0.1) is 11.8 Å². The van der Waals surface area contributed by atoms with Crippen molar-refractivity contribution in [1.82, 2.24) is 15.2 Å². The number of nitrogens with one attached hydrogen (secondary N) is 1. The van der Waals surface area contributed by atoms with Gasteiger partial charge >= 0.3 is 0 Å². The molecule has 1 aromatic heterocycles. The van der Waals surface area contributed by atoms with E-state index in [1.807, 2.05) is 0 Å². The Bertz CT molecular complexity index is 542. The number of hydrogen-bond acceptors (Lipinski definition) is 3. The van der Waals surface area contributed by atoms with Crippen LogP contribution in [0.25, 0.3) is 0 Å². The molecule has 2 heterocycles. The van der Waals surface area contributed by atoms with Crippen LogP contribution in [-0.4, -0.2) is 40.3 Å². The highest BCUT2D eigenvalue weighted by atomic mass is 16.2. The van der Waals surface area contributed by atoms with Crippen molar-refractivity contribution in [2.45, 2.75) is 52.6 Å². The lowest BCUT2D eigenvalue weighted by Gasteiger charge is -2.40. The fourth-order valence-electron chi connectivity index (χ4n) is 3.11. The van der Waals surface area contributed by atoms with Crippen LogP contribution >= 0.6 is 0 Å². The summed E-state index contributed by atoms with van der Waals surface area (Å²) in [5.74, 6) is 0.675. The number of hydrogen-bond donors (Lipinski definition) is 1. The highest BCUT2D eigenvalue weighted by Gasteiger charge is 2.37. The quantitative estimate of drug-likeness (QED) is 0.907. The minimum Gasteiger partial charge on any atom is -0.350 e. The molecule has 0 unspecified atom stereocenters. The smallest absolute Gasteiger partial charge is 0.256 e. The van der Waals surface area contributed by atoms with Gasteiger partial charge in [0.15, 0.2) is 0 Å². The summed E-state index contributed by atoms with van der Waals surface area (Å²) in [6.07, 6.45) is 4.76. The predicted octanol–water partition coefficient (Wildman–Crippen LogP) is 2.48. The van der Waals surface area contributed by atoms with Gasteiger partial charge in [-0.1, -0.05) is 27.7 Å². The van der Waals surface area contributed by atoms with E-state index >= 15 is 0 Å². The third-order valence-corrected chi connectivity index (χ3v) is 4.06. The molecule has 0 aliphatic carbocycles. The van der Waals surface area contributed by atoms with E-state index in [0.717, 1.165) is 6.42 Å². The van der Waals surface area contributed by atoms with Crippen LogP contribution in [0.4, 0.5) is 0 Å². The predicted molar refractivity (Wildman–Crippen MR) is 89.9 cm³/mol. The van der Waals surface area contributed by atoms with E-state index in [2.05, 4.69) is 38.0 Å². The second kappa shape index (κ2) is 7.57. The number of piperazine rings is 1. The molecule has 0 radical (unpaired) electrons. The Hall–Kier alpha value is -1.91. The zero-order chi connectivity index (χ0) is 17.0. The molecular weight excluding hydrogens is 290 g/mol. The van der Waals surface area contributed by atoms with Gasteiger partial charge in [-0.2, -0.15) is 0 Å². The van der Waals surface area contributed by atoms with E-state index in [1.54, 1.807) is 29.4 Å². The van der Waals surface area contributed by atoms with Gasteiger partial charge in [0.2, 0.25) is 5.91 Å². The average molecular weight is 317 g/mol. The summed E-state index contributed by atoms with van der Waals surface area (Å²) in [6.45, 7) is 8.95. The summed E-state index contributed by atoms with van der Waals surface area (Å²) >= 11 is 0. The van der Waals surface area contributed by atoms with E-state index < -0.39 is 6.04 Å². The van der Waals surface area contributed by atoms with Crippen molar-refractivity contribution in [2.75, 3.05) is 6.54 Å². The van der Waals surface area contributed by atoms with Crippen LogP contribution < -0.4 is 5.32 Å². The Morgan fingerprint density at radius 2 is 2.00 bits per heavy atom. The third kappa shape index (κ3) is 4.53. The molecular formula is C18H27N3O2. The van der Waals surface area contributed by atoms with E-state index in [-0.39, 0.29) is 17.9 Å². The summed E-state index contributed by atoms with van der Waals surface area (Å²) in [6, 6.07) is 3.13. The molecule has 1 aromatic rings. The first kappa shape index (κ1) is 17.4. The summed E-state index contributed by atoms with van der Waals surface area (Å²) in [7, 11) is 0. The number of amides is 2. The van der Waals surface area contributed by atoms with Crippen LogP contribution in [0.15, 0.2) is 24.5 Å². The minimum atomic E-state index is -0.397. The molecule has 23 heavy (non-hydrogen) atoms. The van der Waals surface area contributed by atoms with Gasteiger partial charge in [-0.05, 0) is 36.8 Å². The molecule has 1 fully saturated rings. The summed E-state index contributed by atoms with van der Waals surface area (Å²) in [5.41, 5.74) is 0.541. The molecule has 0 bridgehead atoms. The first-order valence-corrected chi connectivity index (χ1v) is 8.39. The van der Waals surface area contributed by atoms with Gasteiger partial charge < -0.3 is 10.2 Å². The molecule has 0 saturated carbocycles. The maximum Gasteiger partial charge on any atom is 0.256 e. The lowest BCUT2D eigenvalue weighted by Crippen LogP contribution is -2.62. The van der Waals surface area contributed by atoms with Gasteiger partial charge in [0.1, 0.15) is 6.04 Å². The van der Waals surface area contributed by atoms with Gasteiger partial charge in [-0.15, -0.1) is 0 Å². The molecule has 1 aliphatic rings. The van der Waals surface area contributed by atoms with Crippen LogP contribution in [-0.2, 0) is 4.79 Å². The van der Waals surface area contributed by atoms with Crippen molar-refractivity contribution in [3.05, 3.63) is 30.1 Å². The highest BCUT2D eigenvalue weighted by molar-refractivity contribution is 5.98. The van der Waals surface area contributed by atoms with Gasteiger partial charge in [0.25, 0.3) is 5.91 Å². The standard InChI is InChI=1S/C18H27N3O2/c1-12(2)8-15-11-21(16(9-13(3)4)17(22)20-15)18(23)14-6-5-7-19-10-14/h5-7,10,12-13,15-16H,8-9,11H2,1-4H3,(H,20,22)/t15-,16-/m0/s1. The van der Waals surface area contributed by atoms with E-state index in [4.69, 9.17) is 0 Å². The number of rotatable bonds is 5. The summed E-state index contributed by atoms with van der Waals surface area (Å²) in [5, 5.41) is 3.09. The van der Waals surface area contributed by atoms with Crippen molar-refractivity contribution in [3.8, 4) is 0 Å². The number of aromatic nitrogens is 1. The average Bonchev–Trinajstić information content (AvgIpc) is 2.49. The van der Waals surface area contributed by atoms with E-state index in [0.29, 0.717) is 30.4 Å². The number of carbonyl (C=O) groups excluding carboxylic acids is 2. The highest BCUT2D eigenvalue weighted by Crippen LogP contribution is 2.21. The fourth-order valence-corrected chi connectivity index (χ4v) is 3.11. The second-order valence-electron chi connectivity index (χ2n) is 7.18. The van der Waals surface area contributed by atoms with Gasteiger partial charge in [0.05, 0.1) is 5.56 Å².